The quantitative estimate of drug-likeness (QED) is 0.780. The molecule has 1 aromatic heterocycles. The summed E-state index contributed by atoms with van der Waals surface area (Å²) < 4.78 is 5.98. The summed E-state index contributed by atoms with van der Waals surface area (Å²) >= 11 is 0. The lowest BCUT2D eigenvalue weighted by Gasteiger charge is -2.35. The predicted octanol–water partition coefficient (Wildman–Crippen LogP) is 3.15. The molecule has 1 aliphatic rings. The largest absolute Gasteiger partial charge is 0.437 e. The van der Waals surface area contributed by atoms with Gasteiger partial charge in [-0.2, -0.15) is 4.98 Å². The molecule has 1 fully saturated rings. The lowest BCUT2D eigenvalue weighted by atomic mass is 10.1. The summed E-state index contributed by atoms with van der Waals surface area (Å²) in [6.07, 6.45) is 1.52. The van der Waals surface area contributed by atoms with E-state index in [1.807, 2.05) is 30.3 Å². The van der Waals surface area contributed by atoms with Crippen LogP contribution in [0.2, 0.25) is 0 Å². The minimum absolute atomic E-state index is 0.406. The zero-order valence-electron chi connectivity index (χ0n) is 14.9. The summed E-state index contributed by atoms with van der Waals surface area (Å²) in [5.74, 6) is 1.88. The molecule has 0 aliphatic carbocycles. The first-order chi connectivity index (χ1) is 12.7. The molecule has 2 N–H and O–H groups in total. The molecule has 0 spiro atoms. The summed E-state index contributed by atoms with van der Waals surface area (Å²) in [7, 11) is 0. The summed E-state index contributed by atoms with van der Waals surface area (Å²) in [6, 6.07) is 14.1. The van der Waals surface area contributed by atoms with E-state index in [1.165, 1.54) is 11.7 Å². The van der Waals surface area contributed by atoms with E-state index in [0.717, 1.165) is 49.7 Å². The maximum Gasteiger partial charge on any atom is 0.248 e. The first-order valence-corrected chi connectivity index (χ1v) is 8.99. The van der Waals surface area contributed by atoms with Crippen molar-refractivity contribution in [1.82, 2.24) is 14.9 Å². The molecule has 3 aromatic rings. The molecule has 0 bridgehead atoms. The highest BCUT2D eigenvalue weighted by Crippen LogP contribution is 2.32. The van der Waals surface area contributed by atoms with Gasteiger partial charge in [0, 0.05) is 26.2 Å². The maximum absolute atomic E-state index is 6.34. The molecule has 0 atom stereocenters. The fraction of sp³-hybridized carbons (Fsp3) is 0.300. The van der Waals surface area contributed by atoms with Crippen molar-refractivity contribution in [2.45, 2.75) is 6.92 Å². The SMILES string of the molecule is CCN1CCN(c2ncnc(Oc3ccc4ccccc4c3)c2N)CC1. The lowest BCUT2D eigenvalue weighted by Crippen LogP contribution is -2.46. The number of fused-ring (bicyclic) bond motifs is 1. The van der Waals surface area contributed by atoms with Crippen molar-refractivity contribution < 1.29 is 4.74 Å². The second-order valence-electron chi connectivity index (χ2n) is 6.45. The van der Waals surface area contributed by atoms with Crippen LogP contribution in [0, 0.1) is 0 Å². The number of likely N-dealkylation sites (N-methyl/N-ethyl adjacent to an activating group) is 1. The van der Waals surface area contributed by atoms with Crippen LogP contribution >= 0.6 is 0 Å². The van der Waals surface area contributed by atoms with Crippen molar-refractivity contribution >= 4 is 22.3 Å². The number of benzene rings is 2. The average Bonchev–Trinajstić information content (AvgIpc) is 2.70. The van der Waals surface area contributed by atoms with Gasteiger partial charge in [0.2, 0.25) is 5.88 Å². The fourth-order valence-corrected chi connectivity index (χ4v) is 3.32. The lowest BCUT2D eigenvalue weighted by molar-refractivity contribution is 0.270. The van der Waals surface area contributed by atoms with Gasteiger partial charge in [0.25, 0.3) is 0 Å². The summed E-state index contributed by atoms with van der Waals surface area (Å²) in [5.41, 5.74) is 6.83. The first kappa shape index (κ1) is 16.6. The Labute approximate surface area is 153 Å². The van der Waals surface area contributed by atoms with Crippen molar-refractivity contribution in [2.75, 3.05) is 43.4 Å². The Morgan fingerprint density at radius 1 is 1.00 bits per heavy atom. The number of nitrogen functional groups attached to an aromatic ring is 1. The molecule has 1 saturated heterocycles. The number of aromatic nitrogens is 2. The van der Waals surface area contributed by atoms with Gasteiger partial charge in [-0.25, -0.2) is 4.98 Å². The smallest absolute Gasteiger partial charge is 0.248 e. The van der Waals surface area contributed by atoms with Crippen LogP contribution in [0.15, 0.2) is 48.8 Å². The summed E-state index contributed by atoms with van der Waals surface area (Å²) in [5, 5.41) is 2.29. The van der Waals surface area contributed by atoms with Crippen LogP contribution in [-0.4, -0.2) is 47.6 Å². The van der Waals surface area contributed by atoms with Gasteiger partial charge in [0.1, 0.15) is 17.8 Å². The molecule has 0 saturated carbocycles. The molecule has 6 nitrogen and oxygen atoms in total. The Balaban J connectivity index is 1.57. The van der Waals surface area contributed by atoms with E-state index in [2.05, 4.69) is 38.8 Å². The van der Waals surface area contributed by atoms with E-state index in [1.54, 1.807) is 0 Å². The highest BCUT2D eigenvalue weighted by atomic mass is 16.5. The number of piperazine rings is 1. The maximum atomic E-state index is 6.34. The Bertz CT molecular complexity index is 906. The van der Waals surface area contributed by atoms with E-state index >= 15 is 0 Å². The van der Waals surface area contributed by atoms with Gasteiger partial charge in [-0.3, -0.25) is 0 Å². The zero-order valence-corrected chi connectivity index (χ0v) is 14.9. The number of nitrogens with two attached hydrogens (primary N) is 1. The van der Waals surface area contributed by atoms with Crippen molar-refractivity contribution in [2.24, 2.45) is 0 Å². The van der Waals surface area contributed by atoms with Crippen LogP contribution < -0.4 is 15.4 Å². The van der Waals surface area contributed by atoms with Crippen LogP contribution in [0.4, 0.5) is 11.5 Å². The van der Waals surface area contributed by atoms with Gasteiger partial charge in [-0.1, -0.05) is 37.3 Å². The Morgan fingerprint density at radius 3 is 2.54 bits per heavy atom. The molecule has 1 aliphatic heterocycles. The monoisotopic (exact) mass is 349 g/mol. The fourth-order valence-electron chi connectivity index (χ4n) is 3.32. The van der Waals surface area contributed by atoms with Crippen molar-refractivity contribution in [3.8, 4) is 11.6 Å². The normalized spacial score (nSPS) is 15.3. The molecule has 0 unspecified atom stereocenters. The molecule has 0 amide bonds. The number of hydrogen-bond donors (Lipinski definition) is 1. The third kappa shape index (κ3) is 3.28. The third-order valence-electron chi connectivity index (χ3n) is 4.88. The van der Waals surface area contributed by atoms with Crippen LogP contribution in [0.3, 0.4) is 0 Å². The van der Waals surface area contributed by atoms with Crippen molar-refractivity contribution in [3.05, 3.63) is 48.8 Å². The molecule has 0 radical (unpaired) electrons. The molecule has 6 heteroatoms. The highest BCUT2D eigenvalue weighted by molar-refractivity contribution is 5.83. The average molecular weight is 349 g/mol. The molecule has 4 rings (SSSR count). The van der Waals surface area contributed by atoms with Gasteiger partial charge >= 0.3 is 0 Å². The Kier molecular flexibility index (Phi) is 4.58. The van der Waals surface area contributed by atoms with E-state index in [9.17, 15) is 0 Å². The van der Waals surface area contributed by atoms with Gasteiger partial charge in [0.15, 0.2) is 5.82 Å². The number of ether oxygens (including phenoxy) is 1. The van der Waals surface area contributed by atoms with Gasteiger partial charge in [-0.05, 0) is 29.4 Å². The van der Waals surface area contributed by atoms with Crippen LogP contribution in [0.25, 0.3) is 10.8 Å². The zero-order chi connectivity index (χ0) is 17.9. The molecular formula is C20H23N5O. The van der Waals surface area contributed by atoms with Crippen LogP contribution in [-0.2, 0) is 0 Å². The van der Waals surface area contributed by atoms with Crippen molar-refractivity contribution in [1.29, 1.82) is 0 Å². The molecule has 2 aromatic carbocycles. The minimum atomic E-state index is 0.406. The molecule has 26 heavy (non-hydrogen) atoms. The third-order valence-corrected chi connectivity index (χ3v) is 4.88. The Morgan fingerprint density at radius 2 is 1.77 bits per heavy atom. The molecular weight excluding hydrogens is 326 g/mol. The van der Waals surface area contributed by atoms with Gasteiger partial charge in [-0.15, -0.1) is 0 Å². The van der Waals surface area contributed by atoms with Crippen LogP contribution in [0.1, 0.15) is 6.92 Å². The second-order valence-corrected chi connectivity index (χ2v) is 6.45. The summed E-state index contributed by atoms with van der Waals surface area (Å²) in [4.78, 5) is 13.3. The molecule has 2 heterocycles. The predicted molar refractivity (Wildman–Crippen MR) is 105 cm³/mol. The van der Waals surface area contributed by atoms with E-state index < -0.39 is 0 Å². The summed E-state index contributed by atoms with van der Waals surface area (Å²) in [6.45, 7) is 7.10. The van der Waals surface area contributed by atoms with E-state index in [-0.39, 0.29) is 0 Å². The minimum Gasteiger partial charge on any atom is -0.437 e. The van der Waals surface area contributed by atoms with Gasteiger partial charge < -0.3 is 20.3 Å². The topological polar surface area (TPSA) is 67.5 Å². The Hall–Kier alpha value is -2.86. The molecule has 134 valence electrons. The van der Waals surface area contributed by atoms with E-state index in [0.29, 0.717) is 11.6 Å². The number of nitrogens with zero attached hydrogens (tertiary/aromatic N) is 4. The van der Waals surface area contributed by atoms with Crippen molar-refractivity contribution in [3.63, 3.8) is 0 Å². The van der Waals surface area contributed by atoms with E-state index in [4.69, 9.17) is 10.5 Å². The number of anilines is 2. The standard InChI is InChI=1S/C20H23N5O/c1-2-24-9-11-25(12-10-24)19-18(21)20(23-14-22-19)26-17-8-7-15-5-3-4-6-16(15)13-17/h3-8,13-14H,2,9-12,21H2,1H3. The highest BCUT2D eigenvalue weighted by Gasteiger charge is 2.21. The second kappa shape index (κ2) is 7.17. The number of hydrogen-bond acceptors (Lipinski definition) is 6. The van der Waals surface area contributed by atoms with Crippen LogP contribution in [0.5, 0.6) is 11.6 Å². The van der Waals surface area contributed by atoms with Gasteiger partial charge in [0.05, 0.1) is 0 Å². The number of rotatable bonds is 4. The first-order valence-electron chi connectivity index (χ1n) is 8.99.